The topological polar surface area (TPSA) is 96.4 Å². The minimum atomic E-state index is -3.57. The lowest BCUT2D eigenvalue weighted by Crippen LogP contribution is -2.41. The smallest absolute Gasteiger partial charge is 0.244 e. The number of nitrogens with one attached hydrogen (secondary N) is 1. The van der Waals surface area contributed by atoms with Gasteiger partial charge < -0.3 is 0 Å². The second-order valence-electron chi connectivity index (χ2n) is 7.13. The minimum absolute atomic E-state index is 0.0988. The molecule has 0 saturated carbocycles. The Bertz CT molecular complexity index is 1030. The van der Waals surface area contributed by atoms with Crippen molar-refractivity contribution in [2.24, 2.45) is 5.92 Å². The molecule has 0 amide bonds. The van der Waals surface area contributed by atoms with Crippen molar-refractivity contribution in [3.63, 3.8) is 0 Å². The van der Waals surface area contributed by atoms with E-state index in [9.17, 15) is 16.8 Å². The van der Waals surface area contributed by atoms with Crippen molar-refractivity contribution >= 4 is 20.0 Å². The number of hydrogen-bond acceptors (Lipinski definition) is 5. The molecule has 2 heterocycles. The molecule has 1 saturated heterocycles. The molecule has 3 rings (SSSR count). The summed E-state index contributed by atoms with van der Waals surface area (Å²) in [6.45, 7) is 4.86. The van der Waals surface area contributed by atoms with Gasteiger partial charge in [-0.1, -0.05) is 6.07 Å². The molecular formula is C19H25N3O4S2. The average molecular weight is 424 g/mol. The van der Waals surface area contributed by atoms with Crippen molar-refractivity contribution in [2.45, 2.75) is 36.5 Å². The quantitative estimate of drug-likeness (QED) is 0.767. The van der Waals surface area contributed by atoms with Crippen LogP contribution in [0.2, 0.25) is 0 Å². The molecule has 0 atom stereocenters. The Kier molecular flexibility index (Phi) is 6.18. The highest BCUT2D eigenvalue weighted by Gasteiger charge is 2.30. The van der Waals surface area contributed by atoms with Crippen LogP contribution in [0.15, 0.2) is 52.5 Å². The van der Waals surface area contributed by atoms with Crippen LogP contribution in [0.25, 0.3) is 0 Å². The van der Waals surface area contributed by atoms with E-state index >= 15 is 0 Å². The Morgan fingerprint density at radius 2 is 1.75 bits per heavy atom. The van der Waals surface area contributed by atoms with Gasteiger partial charge in [-0.25, -0.2) is 21.6 Å². The Morgan fingerprint density at radius 3 is 2.36 bits per heavy atom. The van der Waals surface area contributed by atoms with Gasteiger partial charge in [-0.15, -0.1) is 0 Å². The van der Waals surface area contributed by atoms with Crippen LogP contribution in [0, 0.1) is 19.8 Å². The predicted molar refractivity (Wildman–Crippen MR) is 107 cm³/mol. The van der Waals surface area contributed by atoms with Crippen molar-refractivity contribution < 1.29 is 16.8 Å². The van der Waals surface area contributed by atoms with Gasteiger partial charge in [-0.2, -0.15) is 4.31 Å². The first-order valence-corrected chi connectivity index (χ1v) is 12.1. The second kappa shape index (κ2) is 8.28. The van der Waals surface area contributed by atoms with Crippen LogP contribution in [0.4, 0.5) is 0 Å². The molecule has 1 aromatic carbocycles. The monoisotopic (exact) mass is 423 g/mol. The maximum absolute atomic E-state index is 12.6. The van der Waals surface area contributed by atoms with E-state index in [1.54, 1.807) is 24.3 Å². The van der Waals surface area contributed by atoms with Crippen molar-refractivity contribution in [3.8, 4) is 0 Å². The first-order chi connectivity index (χ1) is 13.2. The molecule has 0 radical (unpaired) electrons. The lowest BCUT2D eigenvalue weighted by molar-refractivity contribution is 0.274. The average Bonchev–Trinajstić information content (AvgIpc) is 2.69. The summed E-state index contributed by atoms with van der Waals surface area (Å²) < 4.78 is 54.4. The zero-order chi connectivity index (χ0) is 20.4. The molecule has 1 aliphatic heterocycles. The predicted octanol–water partition coefficient (Wildman–Crippen LogP) is 2.08. The van der Waals surface area contributed by atoms with Gasteiger partial charge >= 0.3 is 0 Å². The second-order valence-corrected chi connectivity index (χ2v) is 10.8. The molecular weight excluding hydrogens is 398 g/mol. The molecule has 1 aromatic heterocycles. The number of piperidine rings is 1. The van der Waals surface area contributed by atoms with Gasteiger partial charge in [-0.05, 0) is 68.0 Å². The highest BCUT2D eigenvalue weighted by atomic mass is 32.2. The molecule has 7 nitrogen and oxygen atoms in total. The number of aromatic nitrogens is 1. The number of benzene rings is 1. The zero-order valence-corrected chi connectivity index (χ0v) is 17.6. The summed E-state index contributed by atoms with van der Waals surface area (Å²) in [5, 5.41) is 0. The van der Waals surface area contributed by atoms with Crippen LogP contribution in [0.3, 0.4) is 0 Å². The maximum Gasteiger partial charge on any atom is 0.244 e. The molecule has 28 heavy (non-hydrogen) atoms. The van der Waals surface area contributed by atoms with Crippen molar-refractivity contribution in [1.29, 1.82) is 0 Å². The van der Waals surface area contributed by atoms with Gasteiger partial charge in [0.15, 0.2) is 0 Å². The number of hydrogen-bond donors (Lipinski definition) is 1. The lowest BCUT2D eigenvalue weighted by Gasteiger charge is -2.31. The first-order valence-electron chi connectivity index (χ1n) is 9.17. The van der Waals surface area contributed by atoms with Crippen LogP contribution in [-0.2, 0) is 20.0 Å². The van der Waals surface area contributed by atoms with Crippen molar-refractivity contribution in [3.05, 3.63) is 53.9 Å². The number of rotatable bonds is 6. The Balaban J connectivity index is 1.58. The van der Waals surface area contributed by atoms with E-state index in [0.717, 1.165) is 11.1 Å². The van der Waals surface area contributed by atoms with E-state index in [0.29, 0.717) is 32.5 Å². The first kappa shape index (κ1) is 20.9. The molecule has 0 unspecified atom stereocenters. The summed E-state index contributed by atoms with van der Waals surface area (Å²) in [6.07, 6.45) is 4.09. The number of sulfonamides is 2. The van der Waals surface area contributed by atoms with E-state index in [1.165, 1.54) is 22.8 Å². The number of pyridine rings is 1. The van der Waals surface area contributed by atoms with Gasteiger partial charge in [0, 0.05) is 32.0 Å². The summed E-state index contributed by atoms with van der Waals surface area (Å²) in [6, 6.07) is 8.20. The fourth-order valence-electron chi connectivity index (χ4n) is 3.19. The third-order valence-corrected chi connectivity index (χ3v) is 8.50. The summed E-state index contributed by atoms with van der Waals surface area (Å²) in [4.78, 5) is 4.32. The molecule has 1 aliphatic rings. The molecule has 0 aliphatic carbocycles. The van der Waals surface area contributed by atoms with Crippen LogP contribution in [-0.4, -0.2) is 45.8 Å². The molecule has 0 spiro atoms. The molecule has 0 bridgehead atoms. The van der Waals surface area contributed by atoms with Gasteiger partial charge in [-0.3, -0.25) is 4.98 Å². The van der Waals surface area contributed by atoms with E-state index in [2.05, 4.69) is 9.71 Å². The van der Waals surface area contributed by atoms with Gasteiger partial charge in [0.25, 0.3) is 0 Å². The minimum Gasteiger partial charge on any atom is -0.263 e. The zero-order valence-electron chi connectivity index (χ0n) is 16.0. The number of nitrogens with zero attached hydrogens (tertiary/aromatic N) is 2. The van der Waals surface area contributed by atoms with Crippen molar-refractivity contribution in [1.82, 2.24) is 14.0 Å². The van der Waals surface area contributed by atoms with Gasteiger partial charge in [0.2, 0.25) is 20.0 Å². The maximum atomic E-state index is 12.6. The number of aryl methyl sites for hydroxylation is 2. The Hall–Kier alpha value is -1.81. The summed E-state index contributed by atoms with van der Waals surface area (Å²) >= 11 is 0. The molecule has 2 aromatic rings. The third kappa shape index (κ3) is 4.60. The summed E-state index contributed by atoms with van der Waals surface area (Å²) in [5.74, 6) is 0.0988. The van der Waals surface area contributed by atoms with E-state index in [1.807, 2.05) is 13.8 Å². The van der Waals surface area contributed by atoms with Crippen molar-refractivity contribution in [2.75, 3.05) is 19.6 Å². The molecule has 1 N–H and O–H groups in total. The van der Waals surface area contributed by atoms with E-state index < -0.39 is 20.0 Å². The summed E-state index contributed by atoms with van der Waals surface area (Å²) in [5.41, 5.74) is 1.97. The highest BCUT2D eigenvalue weighted by molar-refractivity contribution is 7.89. The Morgan fingerprint density at radius 1 is 1.04 bits per heavy atom. The third-order valence-electron chi connectivity index (χ3n) is 5.20. The Labute approximate surface area is 166 Å². The van der Waals surface area contributed by atoms with Gasteiger partial charge in [0.05, 0.1) is 4.90 Å². The molecule has 9 heteroatoms. The fourth-order valence-corrected chi connectivity index (χ4v) is 5.83. The largest absolute Gasteiger partial charge is 0.263 e. The van der Waals surface area contributed by atoms with Crippen LogP contribution < -0.4 is 4.72 Å². The molecule has 1 fully saturated rings. The SMILES string of the molecule is Cc1ccc(S(=O)(=O)NCC2CCN(S(=O)(=O)c3cccnc3)CC2)cc1C. The van der Waals surface area contributed by atoms with Crippen LogP contribution >= 0.6 is 0 Å². The highest BCUT2D eigenvalue weighted by Crippen LogP contribution is 2.23. The van der Waals surface area contributed by atoms with Gasteiger partial charge in [0.1, 0.15) is 4.90 Å². The normalized spacial score (nSPS) is 16.9. The molecule has 152 valence electrons. The van der Waals surface area contributed by atoms with E-state index in [4.69, 9.17) is 0 Å². The van der Waals surface area contributed by atoms with E-state index in [-0.39, 0.29) is 15.7 Å². The summed E-state index contributed by atoms with van der Waals surface area (Å²) in [7, 11) is -7.12. The lowest BCUT2D eigenvalue weighted by atomic mass is 9.99. The van der Waals surface area contributed by atoms with Crippen LogP contribution in [0.1, 0.15) is 24.0 Å². The standard InChI is InChI=1S/C19H25N3O4S2/c1-15-5-6-18(12-16(15)2)27(23,24)21-13-17-7-10-22(11-8-17)28(25,26)19-4-3-9-20-14-19/h3-6,9,12,14,17,21H,7-8,10-11,13H2,1-2H3. The fraction of sp³-hybridized carbons (Fsp3) is 0.421. The van der Waals surface area contributed by atoms with Crippen LogP contribution in [0.5, 0.6) is 0 Å².